The number of carbonyl (C=O) groups excluding carboxylic acids is 1. The zero-order valence-corrected chi connectivity index (χ0v) is 20.4. The Balaban J connectivity index is 1.48. The molecule has 2 N–H and O–H groups in total. The van der Waals surface area contributed by atoms with Crippen LogP contribution in [-0.4, -0.2) is 36.1 Å². The minimum absolute atomic E-state index is 0.264. The molecular weight excluding hydrogens is 423 g/mol. The van der Waals surface area contributed by atoms with Gasteiger partial charge in [0.2, 0.25) is 5.91 Å². The second-order valence-electron chi connectivity index (χ2n) is 9.07. The fraction of sp³-hybridized carbons (Fsp3) is 0.345. The molecule has 1 aliphatic rings. The summed E-state index contributed by atoms with van der Waals surface area (Å²) in [5.74, 6) is 0.303. The summed E-state index contributed by atoms with van der Waals surface area (Å²) in [6, 6.07) is 33.4. The van der Waals surface area contributed by atoms with Gasteiger partial charge in [0.15, 0.2) is 0 Å². The van der Waals surface area contributed by atoms with Gasteiger partial charge in [0.25, 0.3) is 0 Å². The number of amides is 1. The zero-order chi connectivity index (χ0) is 22.9. The lowest BCUT2D eigenvalue weighted by atomic mass is 10.1. The summed E-state index contributed by atoms with van der Waals surface area (Å²) in [5, 5.41) is 4.30. The average molecular weight is 460 g/mol. The topological polar surface area (TPSA) is 46.3 Å². The molecule has 172 valence electrons. The van der Waals surface area contributed by atoms with E-state index in [2.05, 4.69) is 91.0 Å². The molecule has 1 amide bonds. The van der Waals surface area contributed by atoms with Crippen molar-refractivity contribution in [2.24, 2.45) is 5.73 Å². The third-order valence-corrected chi connectivity index (χ3v) is 11.4. The lowest BCUT2D eigenvalue weighted by Gasteiger charge is -2.30. The Labute approximate surface area is 199 Å². The van der Waals surface area contributed by atoms with Crippen LogP contribution in [0.3, 0.4) is 0 Å². The van der Waals surface area contributed by atoms with Crippen LogP contribution in [0.1, 0.15) is 38.5 Å². The molecule has 4 heteroatoms. The van der Waals surface area contributed by atoms with E-state index in [9.17, 15) is 4.79 Å². The van der Waals surface area contributed by atoms with Crippen LogP contribution in [0, 0.1) is 0 Å². The van der Waals surface area contributed by atoms with Gasteiger partial charge in [-0.25, -0.2) is 0 Å². The second-order valence-corrected chi connectivity index (χ2v) is 12.7. The molecule has 0 spiro atoms. The molecule has 0 aromatic heterocycles. The van der Waals surface area contributed by atoms with Crippen molar-refractivity contribution in [3.8, 4) is 0 Å². The van der Waals surface area contributed by atoms with Crippen LogP contribution in [0.2, 0.25) is 0 Å². The van der Waals surface area contributed by atoms with Crippen molar-refractivity contribution < 1.29 is 4.79 Å². The number of carbonyl (C=O) groups is 1. The Morgan fingerprint density at radius 3 is 1.64 bits per heavy atom. The molecule has 3 aromatic carbocycles. The van der Waals surface area contributed by atoms with E-state index >= 15 is 0 Å². The summed E-state index contributed by atoms with van der Waals surface area (Å²) in [4.78, 5) is 14.6. The average Bonchev–Trinajstić information content (AvgIpc) is 2.88. The van der Waals surface area contributed by atoms with Crippen LogP contribution in [0.25, 0.3) is 0 Å². The van der Waals surface area contributed by atoms with Gasteiger partial charge >= 0.3 is 0 Å². The summed E-state index contributed by atoms with van der Waals surface area (Å²) >= 11 is 0. The van der Waals surface area contributed by atoms with Crippen molar-refractivity contribution >= 4 is 29.1 Å². The van der Waals surface area contributed by atoms with Gasteiger partial charge in [-0.15, -0.1) is 0 Å². The number of piperidine rings is 1. The number of nitrogens with zero attached hydrogens (tertiary/aromatic N) is 1. The first-order chi connectivity index (χ1) is 16.2. The lowest BCUT2D eigenvalue weighted by molar-refractivity contribution is -0.132. The predicted octanol–water partition coefficient (Wildman–Crippen LogP) is 4.49. The van der Waals surface area contributed by atoms with Crippen LogP contribution in [0.15, 0.2) is 91.0 Å². The van der Waals surface area contributed by atoms with E-state index in [4.69, 9.17) is 5.73 Å². The Kier molecular flexibility index (Phi) is 8.31. The molecule has 0 bridgehead atoms. The number of nitrogens with two attached hydrogens (primary N) is 1. The highest BCUT2D eigenvalue weighted by Gasteiger charge is 2.44. The SMILES string of the molecule is NC1CCN(C(=O)CCCCC[P+](c2ccccc2)(c2ccccc2)c2ccccc2)CC1. The van der Waals surface area contributed by atoms with Crippen molar-refractivity contribution in [3.63, 3.8) is 0 Å². The summed E-state index contributed by atoms with van der Waals surface area (Å²) < 4.78 is 0. The van der Waals surface area contributed by atoms with Crippen molar-refractivity contribution in [2.45, 2.75) is 44.6 Å². The van der Waals surface area contributed by atoms with Crippen molar-refractivity contribution in [2.75, 3.05) is 19.3 Å². The molecule has 0 aliphatic carbocycles. The molecule has 4 rings (SSSR count). The van der Waals surface area contributed by atoms with E-state index < -0.39 is 7.26 Å². The third-order valence-electron chi connectivity index (χ3n) is 6.87. The smallest absolute Gasteiger partial charge is 0.222 e. The van der Waals surface area contributed by atoms with Gasteiger partial charge in [0.1, 0.15) is 23.2 Å². The monoisotopic (exact) mass is 459 g/mol. The number of hydrogen-bond donors (Lipinski definition) is 1. The highest BCUT2D eigenvalue weighted by Crippen LogP contribution is 2.55. The van der Waals surface area contributed by atoms with Gasteiger partial charge in [-0.1, -0.05) is 54.6 Å². The molecule has 1 saturated heterocycles. The van der Waals surface area contributed by atoms with E-state index in [-0.39, 0.29) is 6.04 Å². The molecule has 0 saturated carbocycles. The molecule has 33 heavy (non-hydrogen) atoms. The molecule has 0 unspecified atom stereocenters. The number of benzene rings is 3. The molecule has 1 heterocycles. The normalized spacial score (nSPS) is 14.9. The lowest BCUT2D eigenvalue weighted by Crippen LogP contribution is -2.42. The summed E-state index contributed by atoms with van der Waals surface area (Å²) in [6.07, 6.45) is 6.80. The van der Waals surface area contributed by atoms with E-state index in [1.165, 1.54) is 15.9 Å². The number of rotatable bonds is 9. The maximum atomic E-state index is 12.6. The molecule has 3 aromatic rings. The van der Waals surface area contributed by atoms with E-state index in [1.807, 2.05) is 4.90 Å². The van der Waals surface area contributed by atoms with E-state index in [1.54, 1.807) is 0 Å². The number of hydrogen-bond acceptors (Lipinski definition) is 2. The van der Waals surface area contributed by atoms with Crippen LogP contribution in [0.4, 0.5) is 0 Å². The highest BCUT2D eigenvalue weighted by atomic mass is 31.2. The first-order valence-corrected chi connectivity index (χ1v) is 14.3. The molecule has 3 nitrogen and oxygen atoms in total. The Morgan fingerprint density at radius 1 is 0.727 bits per heavy atom. The predicted molar refractivity (Wildman–Crippen MR) is 142 cm³/mol. The number of likely N-dealkylation sites (tertiary alicyclic amines) is 1. The Bertz CT molecular complexity index is 889. The Morgan fingerprint density at radius 2 is 1.18 bits per heavy atom. The van der Waals surface area contributed by atoms with Gasteiger partial charge in [0.05, 0.1) is 6.16 Å². The fourth-order valence-corrected chi connectivity index (χ4v) is 9.40. The highest BCUT2D eigenvalue weighted by molar-refractivity contribution is 7.95. The Hall–Kier alpha value is -2.48. The van der Waals surface area contributed by atoms with Crippen LogP contribution >= 0.6 is 7.26 Å². The maximum Gasteiger partial charge on any atom is 0.222 e. The molecule has 1 aliphatic heterocycles. The summed E-state index contributed by atoms with van der Waals surface area (Å²) in [6.45, 7) is 1.65. The van der Waals surface area contributed by atoms with Crippen LogP contribution < -0.4 is 21.6 Å². The van der Waals surface area contributed by atoms with Gasteiger partial charge in [-0.2, -0.15) is 0 Å². The quantitative estimate of drug-likeness (QED) is 0.379. The van der Waals surface area contributed by atoms with E-state index in [0.29, 0.717) is 12.3 Å². The third kappa shape index (κ3) is 5.72. The second kappa shape index (κ2) is 11.6. The van der Waals surface area contributed by atoms with Gasteiger partial charge < -0.3 is 10.6 Å². The van der Waals surface area contributed by atoms with Crippen LogP contribution in [0.5, 0.6) is 0 Å². The van der Waals surface area contributed by atoms with E-state index in [0.717, 1.165) is 51.4 Å². The molecule has 0 atom stereocenters. The van der Waals surface area contributed by atoms with Gasteiger partial charge in [-0.05, 0) is 68.5 Å². The van der Waals surface area contributed by atoms with Crippen LogP contribution in [-0.2, 0) is 4.79 Å². The summed E-state index contributed by atoms with van der Waals surface area (Å²) in [7, 11) is -1.76. The van der Waals surface area contributed by atoms with Gasteiger partial charge in [-0.3, -0.25) is 4.79 Å². The molecule has 1 fully saturated rings. The minimum atomic E-state index is -1.76. The minimum Gasteiger partial charge on any atom is -0.343 e. The molecular formula is C29H36N2OP+. The molecule has 0 radical (unpaired) electrons. The standard InChI is InChI=1S/C29H36N2OP/c30-25-20-22-31(23-21-25)29(32)19-11-4-12-24-33(26-13-5-1-6-14-26,27-15-7-2-8-16-27)28-17-9-3-10-18-28/h1-3,5-10,13-18,25H,4,11-12,19-24,30H2/q+1. The maximum absolute atomic E-state index is 12.6. The largest absolute Gasteiger partial charge is 0.343 e. The zero-order valence-electron chi connectivity index (χ0n) is 19.5. The first kappa shape index (κ1) is 23.7. The number of unbranched alkanes of at least 4 members (excludes halogenated alkanes) is 2. The summed E-state index contributed by atoms with van der Waals surface area (Å²) in [5.41, 5.74) is 5.99. The van der Waals surface area contributed by atoms with Crippen molar-refractivity contribution in [1.29, 1.82) is 0 Å². The van der Waals surface area contributed by atoms with Crippen molar-refractivity contribution in [3.05, 3.63) is 91.0 Å². The van der Waals surface area contributed by atoms with Gasteiger partial charge in [0, 0.05) is 25.6 Å². The van der Waals surface area contributed by atoms with Crippen molar-refractivity contribution in [1.82, 2.24) is 4.90 Å². The fourth-order valence-electron chi connectivity index (χ4n) is 4.99. The first-order valence-electron chi connectivity index (χ1n) is 12.3.